The Morgan fingerprint density at radius 3 is 2.91 bits per heavy atom. The highest BCUT2D eigenvalue weighted by Crippen LogP contribution is 2.18. The quantitative estimate of drug-likeness (QED) is 0.733. The van der Waals surface area contributed by atoms with Crippen molar-refractivity contribution in [2.45, 2.75) is 0 Å². The van der Waals surface area contributed by atoms with Crippen molar-refractivity contribution in [2.75, 3.05) is 12.3 Å². The first kappa shape index (κ1) is 6.09. The van der Waals surface area contributed by atoms with Gasteiger partial charge >= 0.3 is 0 Å². The molecule has 62 valence electrons. The molecule has 0 heterocycles. The molecule has 0 saturated carbocycles. The van der Waals surface area contributed by atoms with E-state index in [-0.39, 0.29) is 23.1 Å². The summed E-state index contributed by atoms with van der Waals surface area (Å²) in [5.41, 5.74) is 0.270. The number of rotatable bonds is 1. The van der Waals surface area contributed by atoms with Gasteiger partial charge in [0.05, 0.1) is 5.02 Å². The average Bonchev–Trinajstić information content (AvgIpc) is 1.94. The Labute approximate surface area is 80.2 Å². The van der Waals surface area contributed by atoms with Crippen LogP contribution < -0.4 is 5.32 Å². The molecule has 11 heavy (non-hydrogen) atoms. The van der Waals surface area contributed by atoms with Gasteiger partial charge in [-0.1, -0.05) is 11.6 Å². The van der Waals surface area contributed by atoms with Crippen molar-refractivity contribution >= 4 is 29.7 Å². The molecule has 0 unspecified atom stereocenters. The van der Waals surface area contributed by atoms with E-state index >= 15 is 0 Å². The maximum atomic E-state index is 12.6. The van der Waals surface area contributed by atoms with Gasteiger partial charge < -0.3 is 5.32 Å². The van der Waals surface area contributed by atoms with Crippen LogP contribution >= 0.6 is 24.0 Å². The average molecular weight is 199 g/mol. The molecule has 1 N–H and O–H groups in total. The lowest BCUT2D eigenvalue weighted by atomic mass is 10.3. The van der Waals surface area contributed by atoms with Crippen molar-refractivity contribution in [2.24, 2.45) is 0 Å². The molecule has 0 amide bonds. The largest absolute Gasteiger partial charge is 0.388 e. The van der Waals surface area contributed by atoms with Crippen LogP contribution in [0.2, 0.25) is 5.02 Å². The standard InChI is InChI=1S/C7H7ClFN.ClH/c1-10-5-2-3-7(9)6(8)4-5;/h2-4,10H,1H3;1H/i1D3;. The summed E-state index contributed by atoms with van der Waals surface area (Å²) in [7, 11) is 0. The molecule has 0 bridgehead atoms. The van der Waals surface area contributed by atoms with E-state index in [2.05, 4.69) is 5.32 Å². The predicted molar refractivity (Wildman–Crippen MR) is 48.2 cm³/mol. The lowest BCUT2D eigenvalue weighted by molar-refractivity contribution is 0.628. The van der Waals surface area contributed by atoms with Gasteiger partial charge in [0, 0.05) is 16.8 Å². The van der Waals surface area contributed by atoms with Crippen molar-refractivity contribution in [3.8, 4) is 0 Å². The summed E-state index contributed by atoms with van der Waals surface area (Å²) in [6.07, 6.45) is 0. The number of hydrogen-bond donors (Lipinski definition) is 1. The minimum atomic E-state index is -2.29. The van der Waals surface area contributed by atoms with Crippen LogP contribution in [0.25, 0.3) is 0 Å². The number of nitrogens with one attached hydrogen (secondary N) is 1. The van der Waals surface area contributed by atoms with E-state index in [1.54, 1.807) is 0 Å². The van der Waals surface area contributed by atoms with Crippen molar-refractivity contribution in [3.05, 3.63) is 29.0 Å². The van der Waals surface area contributed by atoms with Crippen LogP contribution in [0.5, 0.6) is 0 Å². The van der Waals surface area contributed by atoms with Gasteiger partial charge in [0.25, 0.3) is 0 Å². The van der Waals surface area contributed by atoms with E-state index in [0.29, 0.717) is 0 Å². The van der Waals surface area contributed by atoms with Gasteiger partial charge in [-0.05, 0) is 18.2 Å². The first-order chi connectivity index (χ1) is 5.88. The third kappa shape index (κ3) is 2.56. The molecule has 0 saturated heterocycles. The Kier molecular flexibility index (Phi) is 2.45. The Bertz CT molecular complexity index is 316. The summed E-state index contributed by atoms with van der Waals surface area (Å²) in [4.78, 5) is 0. The van der Waals surface area contributed by atoms with E-state index in [1.165, 1.54) is 12.1 Å². The highest BCUT2D eigenvalue weighted by atomic mass is 35.5. The third-order valence-electron chi connectivity index (χ3n) is 1.06. The lowest BCUT2D eigenvalue weighted by Gasteiger charge is -1.99. The van der Waals surface area contributed by atoms with Crippen LogP contribution in [-0.4, -0.2) is 6.98 Å². The van der Waals surface area contributed by atoms with Crippen LogP contribution in [-0.2, 0) is 0 Å². The molecule has 1 aromatic carbocycles. The Morgan fingerprint density at radius 1 is 1.64 bits per heavy atom. The molecule has 0 aliphatic heterocycles. The van der Waals surface area contributed by atoms with Gasteiger partial charge in [0.2, 0.25) is 0 Å². The summed E-state index contributed by atoms with van der Waals surface area (Å²) in [6.45, 7) is -2.29. The summed E-state index contributed by atoms with van der Waals surface area (Å²) in [5.74, 6) is -0.572. The molecule has 4 heteroatoms. The topological polar surface area (TPSA) is 12.0 Å². The second-order valence-corrected chi connectivity index (χ2v) is 2.16. The van der Waals surface area contributed by atoms with E-state index in [0.717, 1.165) is 6.07 Å². The Balaban J connectivity index is 0.00000169. The van der Waals surface area contributed by atoms with Gasteiger partial charge in [0.1, 0.15) is 5.82 Å². The summed E-state index contributed by atoms with van der Waals surface area (Å²) >= 11 is 5.44. The summed E-state index contributed by atoms with van der Waals surface area (Å²) in [5, 5.41) is 2.10. The molecule has 1 rings (SSSR count). The van der Waals surface area contributed by atoms with Crippen LogP contribution in [0.4, 0.5) is 10.1 Å². The normalized spacial score (nSPS) is 13.8. The fourth-order valence-corrected chi connectivity index (χ4v) is 0.754. The fraction of sp³-hybridized carbons (Fsp3) is 0.143. The molecule has 1 aromatic rings. The lowest BCUT2D eigenvalue weighted by Crippen LogP contribution is -1.87. The second-order valence-electron chi connectivity index (χ2n) is 1.75. The first-order valence-electron chi connectivity index (χ1n) is 4.12. The molecule has 0 aliphatic rings. The van der Waals surface area contributed by atoms with Crippen molar-refractivity contribution in [1.82, 2.24) is 0 Å². The monoisotopic (exact) mass is 198 g/mol. The molecule has 0 fully saturated rings. The minimum absolute atomic E-state index is 0. The molecular weight excluding hydrogens is 188 g/mol. The molecule has 0 atom stereocenters. The van der Waals surface area contributed by atoms with Crippen LogP contribution in [0.1, 0.15) is 4.11 Å². The van der Waals surface area contributed by atoms with E-state index in [1.807, 2.05) is 0 Å². The summed E-state index contributed by atoms with van der Waals surface area (Å²) < 4.78 is 33.3. The van der Waals surface area contributed by atoms with Crippen molar-refractivity contribution in [3.63, 3.8) is 0 Å². The Morgan fingerprint density at radius 2 is 2.36 bits per heavy atom. The zero-order valence-corrected chi connectivity index (χ0v) is 6.97. The maximum Gasteiger partial charge on any atom is 0.141 e. The van der Waals surface area contributed by atoms with Crippen LogP contribution in [0.3, 0.4) is 0 Å². The number of anilines is 1. The van der Waals surface area contributed by atoms with Crippen LogP contribution in [0.15, 0.2) is 18.2 Å². The number of hydrogen-bond acceptors (Lipinski definition) is 1. The number of benzene rings is 1. The van der Waals surface area contributed by atoms with Gasteiger partial charge in [0.15, 0.2) is 0 Å². The van der Waals surface area contributed by atoms with Crippen molar-refractivity contribution < 1.29 is 8.50 Å². The molecule has 0 radical (unpaired) electrons. The highest BCUT2D eigenvalue weighted by molar-refractivity contribution is 6.31. The van der Waals surface area contributed by atoms with Gasteiger partial charge in [-0.25, -0.2) is 4.39 Å². The molecule has 1 nitrogen and oxygen atoms in total. The molecule has 0 spiro atoms. The fourth-order valence-electron chi connectivity index (χ4n) is 0.574. The van der Waals surface area contributed by atoms with Gasteiger partial charge in [-0.3, -0.25) is 0 Å². The predicted octanol–water partition coefficient (Wildman–Crippen LogP) is 2.94. The van der Waals surface area contributed by atoms with Crippen LogP contribution in [0, 0.1) is 5.82 Å². The molecule has 0 aliphatic carbocycles. The van der Waals surface area contributed by atoms with E-state index in [9.17, 15) is 4.39 Å². The van der Waals surface area contributed by atoms with E-state index < -0.39 is 12.8 Å². The smallest absolute Gasteiger partial charge is 0.141 e. The Hall–Kier alpha value is -0.470. The SMILES string of the molecule is Cl.[2H]C([2H])([2H])Nc1ccc(F)c(Cl)c1. The minimum Gasteiger partial charge on any atom is -0.388 e. The maximum absolute atomic E-state index is 12.6. The summed E-state index contributed by atoms with van der Waals surface area (Å²) in [6, 6.07) is 3.65. The van der Waals surface area contributed by atoms with Crippen molar-refractivity contribution in [1.29, 1.82) is 0 Å². The second kappa shape index (κ2) is 4.42. The highest BCUT2D eigenvalue weighted by Gasteiger charge is 1.97. The molecule has 0 aromatic heterocycles. The first-order valence-corrected chi connectivity index (χ1v) is 2.99. The van der Waals surface area contributed by atoms with Gasteiger partial charge in [-0.2, -0.15) is 0 Å². The van der Waals surface area contributed by atoms with Gasteiger partial charge in [-0.15, -0.1) is 12.4 Å². The van der Waals surface area contributed by atoms with E-state index in [4.69, 9.17) is 15.7 Å². The number of halogens is 3. The molecular formula is C7H8Cl2FN. The third-order valence-corrected chi connectivity index (χ3v) is 1.35. The zero-order valence-electron chi connectivity index (χ0n) is 8.40. The zero-order chi connectivity index (χ0) is 10.1.